The highest BCUT2D eigenvalue weighted by Gasteiger charge is 2.40. The second kappa shape index (κ2) is 5.75. The van der Waals surface area contributed by atoms with Gasteiger partial charge in [0.1, 0.15) is 6.54 Å². The maximum absolute atomic E-state index is 12.2. The van der Waals surface area contributed by atoms with Gasteiger partial charge in [0.05, 0.1) is 0 Å². The molecule has 0 aromatic heterocycles. The van der Waals surface area contributed by atoms with E-state index in [2.05, 4.69) is 0 Å². The molecule has 2 nitrogen and oxygen atoms in total. The lowest BCUT2D eigenvalue weighted by atomic mass is 10.2. The summed E-state index contributed by atoms with van der Waals surface area (Å²) in [5.74, 6) is 0.0423. The van der Waals surface area contributed by atoms with E-state index in [1.165, 1.54) is 0 Å². The minimum atomic E-state index is -4.30. The fourth-order valence-corrected chi connectivity index (χ4v) is 1.70. The third kappa shape index (κ3) is 5.05. The zero-order valence-corrected chi connectivity index (χ0v) is 9.65. The lowest BCUT2D eigenvalue weighted by Crippen LogP contribution is -2.40. The Hall–Kier alpha value is -0.450. The van der Waals surface area contributed by atoms with Crippen molar-refractivity contribution in [2.45, 2.75) is 44.3 Å². The zero-order chi connectivity index (χ0) is 12.2. The predicted octanol–water partition coefficient (Wildman–Crippen LogP) is 2.95. The summed E-state index contributed by atoms with van der Waals surface area (Å²) in [4.78, 5) is 12.5. The number of hydrogen-bond donors (Lipinski definition) is 0. The Morgan fingerprint density at radius 1 is 1.31 bits per heavy atom. The number of amides is 1. The van der Waals surface area contributed by atoms with Gasteiger partial charge in [0, 0.05) is 18.3 Å². The first kappa shape index (κ1) is 13.6. The quantitative estimate of drug-likeness (QED) is 0.529. The van der Waals surface area contributed by atoms with Crippen LogP contribution in [0.1, 0.15) is 32.1 Å². The maximum Gasteiger partial charge on any atom is 0.406 e. The second-order valence-electron chi connectivity index (χ2n) is 4.01. The molecule has 0 unspecified atom stereocenters. The average Bonchev–Trinajstić information content (AvgIpc) is 2.96. The lowest BCUT2D eigenvalue weighted by Gasteiger charge is -2.23. The van der Waals surface area contributed by atoms with Crippen LogP contribution in [0.3, 0.4) is 0 Å². The van der Waals surface area contributed by atoms with Crippen molar-refractivity contribution in [3.8, 4) is 0 Å². The maximum atomic E-state index is 12.2. The topological polar surface area (TPSA) is 20.3 Å². The molecular formula is C10H15ClF3NO. The highest BCUT2D eigenvalue weighted by atomic mass is 35.5. The van der Waals surface area contributed by atoms with Crippen LogP contribution < -0.4 is 0 Å². The van der Waals surface area contributed by atoms with Crippen molar-refractivity contribution in [1.82, 2.24) is 4.90 Å². The molecule has 0 aromatic rings. The highest BCUT2D eigenvalue weighted by Crippen LogP contribution is 2.30. The van der Waals surface area contributed by atoms with Gasteiger partial charge >= 0.3 is 6.18 Å². The molecule has 1 rings (SSSR count). The van der Waals surface area contributed by atoms with Crippen molar-refractivity contribution in [3.63, 3.8) is 0 Å². The molecule has 0 bridgehead atoms. The molecule has 1 fully saturated rings. The van der Waals surface area contributed by atoms with Crippen molar-refractivity contribution in [1.29, 1.82) is 0 Å². The molecule has 1 amide bonds. The molecule has 16 heavy (non-hydrogen) atoms. The first-order chi connectivity index (χ1) is 7.44. The van der Waals surface area contributed by atoms with Crippen molar-refractivity contribution >= 4 is 17.5 Å². The van der Waals surface area contributed by atoms with Crippen LogP contribution in [0, 0.1) is 0 Å². The van der Waals surface area contributed by atoms with Gasteiger partial charge in [-0.15, -0.1) is 11.6 Å². The molecule has 0 radical (unpaired) electrons. The number of alkyl halides is 4. The van der Waals surface area contributed by atoms with Crippen LogP contribution in [0.15, 0.2) is 0 Å². The summed E-state index contributed by atoms with van der Waals surface area (Å²) < 4.78 is 36.7. The van der Waals surface area contributed by atoms with Gasteiger partial charge < -0.3 is 4.90 Å². The van der Waals surface area contributed by atoms with Crippen molar-refractivity contribution in [2.24, 2.45) is 0 Å². The highest BCUT2D eigenvalue weighted by molar-refractivity contribution is 6.17. The van der Waals surface area contributed by atoms with Gasteiger partial charge in [-0.3, -0.25) is 4.79 Å². The van der Waals surface area contributed by atoms with Crippen LogP contribution in [-0.4, -0.2) is 35.4 Å². The number of hydrogen-bond acceptors (Lipinski definition) is 1. The summed E-state index contributed by atoms with van der Waals surface area (Å²) in [5.41, 5.74) is 0. The molecule has 0 heterocycles. The molecule has 0 N–H and O–H groups in total. The molecular weight excluding hydrogens is 243 g/mol. The summed E-state index contributed by atoms with van der Waals surface area (Å²) in [7, 11) is 0. The van der Waals surface area contributed by atoms with Gasteiger partial charge in [-0.25, -0.2) is 0 Å². The number of halogens is 4. The smallest absolute Gasteiger partial charge is 0.331 e. The van der Waals surface area contributed by atoms with Crippen LogP contribution in [0.25, 0.3) is 0 Å². The van der Waals surface area contributed by atoms with Gasteiger partial charge in [-0.05, 0) is 25.7 Å². The van der Waals surface area contributed by atoms with Crippen LogP contribution in [0.2, 0.25) is 0 Å². The van der Waals surface area contributed by atoms with Crippen LogP contribution in [-0.2, 0) is 4.79 Å². The molecule has 1 aliphatic rings. The minimum absolute atomic E-state index is 0.166. The van der Waals surface area contributed by atoms with Crippen molar-refractivity contribution < 1.29 is 18.0 Å². The van der Waals surface area contributed by atoms with E-state index in [0.29, 0.717) is 31.6 Å². The van der Waals surface area contributed by atoms with Crippen LogP contribution >= 0.6 is 11.6 Å². The number of carbonyl (C=O) groups is 1. The molecule has 0 saturated heterocycles. The van der Waals surface area contributed by atoms with Crippen LogP contribution in [0.5, 0.6) is 0 Å². The first-order valence-electron chi connectivity index (χ1n) is 5.36. The molecule has 0 aromatic carbocycles. The van der Waals surface area contributed by atoms with E-state index in [9.17, 15) is 18.0 Å². The number of carbonyl (C=O) groups excluding carboxylic acids is 1. The van der Waals surface area contributed by atoms with Crippen molar-refractivity contribution in [2.75, 3.05) is 12.4 Å². The van der Waals surface area contributed by atoms with Gasteiger partial charge in [-0.2, -0.15) is 13.2 Å². The van der Waals surface area contributed by atoms with E-state index in [-0.39, 0.29) is 12.5 Å². The van der Waals surface area contributed by atoms with Gasteiger partial charge in [0.2, 0.25) is 5.91 Å². The predicted molar refractivity (Wildman–Crippen MR) is 55.4 cm³/mol. The molecule has 1 aliphatic carbocycles. The Balaban J connectivity index is 2.40. The normalized spacial score (nSPS) is 16.2. The molecule has 94 valence electrons. The summed E-state index contributed by atoms with van der Waals surface area (Å²) in [6.45, 7) is -1.11. The number of rotatable bonds is 6. The Labute approximate surface area is 97.7 Å². The van der Waals surface area contributed by atoms with Gasteiger partial charge in [0.15, 0.2) is 0 Å². The lowest BCUT2D eigenvalue weighted by molar-refractivity contribution is -0.162. The van der Waals surface area contributed by atoms with Gasteiger partial charge in [-0.1, -0.05) is 0 Å². The van der Waals surface area contributed by atoms with Gasteiger partial charge in [0.25, 0.3) is 0 Å². The second-order valence-corrected chi connectivity index (χ2v) is 4.39. The number of unbranched alkanes of at least 4 members (excludes halogenated alkanes) is 1. The van der Waals surface area contributed by atoms with Crippen molar-refractivity contribution in [3.05, 3.63) is 0 Å². The fraction of sp³-hybridized carbons (Fsp3) is 0.900. The van der Waals surface area contributed by atoms with E-state index < -0.39 is 18.6 Å². The Morgan fingerprint density at radius 3 is 2.38 bits per heavy atom. The zero-order valence-electron chi connectivity index (χ0n) is 8.89. The standard InChI is InChI=1S/C10H15ClF3NO/c11-6-2-1-3-9(16)15(8-4-5-8)7-10(12,13)14/h8H,1-7H2. The number of nitrogens with zero attached hydrogens (tertiary/aromatic N) is 1. The SMILES string of the molecule is O=C(CCCCCl)N(CC(F)(F)F)C1CC1. The van der Waals surface area contributed by atoms with E-state index >= 15 is 0 Å². The molecule has 0 atom stereocenters. The van der Waals surface area contributed by atoms with Crippen LogP contribution in [0.4, 0.5) is 13.2 Å². The third-order valence-corrected chi connectivity index (χ3v) is 2.70. The first-order valence-corrected chi connectivity index (χ1v) is 5.89. The van der Waals surface area contributed by atoms with E-state index in [1.54, 1.807) is 0 Å². The third-order valence-electron chi connectivity index (χ3n) is 2.43. The Kier molecular flexibility index (Phi) is 4.89. The minimum Gasteiger partial charge on any atom is -0.331 e. The average molecular weight is 258 g/mol. The monoisotopic (exact) mass is 257 g/mol. The van der Waals surface area contributed by atoms with E-state index in [1.807, 2.05) is 0 Å². The van der Waals surface area contributed by atoms with E-state index in [0.717, 1.165) is 4.90 Å². The summed E-state index contributed by atoms with van der Waals surface area (Å²) >= 11 is 5.44. The summed E-state index contributed by atoms with van der Waals surface area (Å²) in [5, 5.41) is 0. The molecule has 0 spiro atoms. The molecule has 6 heteroatoms. The molecule has 0 aliphatic heterocycles. The Morgan fingerprint density at radius 2 is 1.94 bits per heavy atom. The largest absolute Gasteiger partial charge is 0.406 e. The summed E-state index contributed by atoms with van der Waals surface area (Å²) in [6, 6.07) is -0.190. The molecule has 1 saturated carbocycles. The van der Waals surface area contributed by atoms with E-state index in [4.69, 9.17) is 11.6 Å². The Bertz CT molecular complexity index is 241. The summed E-state index contributed by atoms with van der Waals surface area (Å²) in [6.07, 6.45) is -1.53. The fourth-order valence-electron chi connectivity index (χ4n) is 1.51.